The van der Waals surface area contributed by atoms with E-state index in [1.165, 1.54) is 6.26 Å². The molecule has 0 aromatic carbocycles. The molecule has 0 radical (unpaired) electrons. The van der Waals surface area contributed by atoms with Crippen molar-refractivity contribution in [1.82, 2.24) is 14.8 Å². The fourth-order valence-electron chi connectivity index (χ4n) is 1.46. The van der Waals surface area contributed by atoms with Crippen LogP contribution in [-0.4, -0.2) is 29.4 Å². The Kier molecular flexibility index (Phi) is 3.96. The summed E-state index contributed by atoms with van der Waals surface area (Å²) in [6.45, 7) is 5.49. The molecule has 92 valence electrons. The molecule has 1 atom stereocenters. The number of hydrogen-bond acceptors (Lipinski definition) is 4. The fraction of sp³-hybridized carbons (Fsp3) is 0.778. The third kappa shape index (κ3) is 2.55. The average molecular weight is 266 g/mol. The van der Waals surface area contributed by atoms with Crippen LogP contribution in [0.15, 0.2) is 0 Å². The topological polar surface area (TPSA) is 64.8 Å². The molecule has 0 N–H and O–H groups in total. The summed E-state index contributed by atoms with van der Waals surface area (Å²) in [7, 11) is -3.17. The molecule has 1 unspecified atom stereocenters. The van der Waals surface area contributed by atoms with Crippen LogP contribution in [-0.2, 0) is 15.7 Å². The van der Waals surface area contributed by atoms with E-state index >= 15 is 0 Å². The second-order valence-corrected chi connectivity index (χ2v) is 6.68. The molecule has 16 heavy (non-hydrogen) atoms. The van der Waals surface area contributed by atoms with E-state index in [0.29, 0.717) is 11.6 Å². The zero-order valence-corrected chi connectivity index (χ0v) is 11.4. The van der Waals surface area contributed by atoms with E-state index in [0.717, 1.165) is 0 Å². The molecule has 7 heteroatoms. The van der Waals surface area contributed by atoms with Gasteiger partial charge in [0.2, 0.25) is 0 Å². The van der Waals surface area contributed by atoms with Crippen molar-refractivity contribution >= 4 is 21.4 Å². The second-order valence-electron chi connectivity index (χ2n) is 4.04. The summed E-state index contributed by atoms with van der Waals surface area (Å²) < 4.78 is 24.8. The number of aromatic nitrogens is 3. The molecule has 0 saturated heterocycles. The van der Waals surface area contributed by atoms with Crippen molar-refractivity contribution in [2.75, 3.05) is 6.26 Å². The minimum atomic E-state index is -3.17. The minimum Gasteiger partial charge on any atom is -0.310 e. The number of halogens is 1. The lowest BCUT2D eigenvalue weighted by Crippen LogP contribution is -2.16. The van der Waals surface area contributed by atoms with Crippen LogP contribution in [0.3, 0.4) is 0 Å². The Labute approximate surface area is 101 Å². The van der Waals surface area contributed by atoms with E-state index in [4.69, 9.17) is 11.6 Å². The summed E-state index contributed by atoms with van der Waals surface area (Å²) in [5, 5.41) is 7.16. The quantitative estimate of drug-likeness (QED) is 0.778. The number of alkyl halides is 1. The zero-order chi connectivity index (χ0) is 12.5. The maximum absolute atomic E-state index is 11.5. The molecular weight excluding hydrogens is 250 g/mol. The SMILES string of the molecule is CC(C)n1c(CCl)nnc1C(C)S(C)(=O)=O. The zero-order valence-electron chi connectivity index (χ0n) is 9.81. The molecule has 0 amide bonds. The summed E-state index contributed by atoms with van der Waals surface area (Å²) in [6, 6.07) is 0.0861. The van der Waals surface area contributed by atoms with Gasteiger partial charge in [0.1, 0.15) is 11.1 Å². The maximum atomic E-state index is 11.5. The normalized spacial score (nSPS) is 14.4. The third-order valence-corrected chi connectivity index (χ3v) is 4.17. The van der Waals surface area contributed by atoms with Gasteiger partial charge in [-0.15, -0.1) is 21.8 Å². The third-order valence-electron chi connectivity index (χ3n) is 2.43. The van der Waals surface area contributed by atoms with E-state index in [2.05, 4.69) is 10.2 Å². The molecule has 0 spiro atoms. The second kappa shape index (κ2) is 4.71. The van der Waals surface area contributed by atoms with Crippen LogP contribution < -0.4 is 0 Å². The average Bonchev–Trinajstić information content (AvgIpc) is 2.57. The molecule has 0 saturated carbocycles. The highest BCUT2D eigenvalue weighted by Crippen LogP contribution is 2.23. The number of hydrogen-bond donors (Lipinski definition) is 0. The summed E-state index contributed by atoms with van der Waals surface area (Å²) in [4.78, 5) is 0. The van der Waals surface area contributed by atoms with Gasteiger partial charge in [0.15, 0.2) is 15.7 Å². The van der Waals surface area contributed by atoms with Crippen LogP contribution in [0, 0.1) is 0 Å². The van der Waals surface area contributed by atoms with Crippen molar-refractivity contribution in [2.45, 2.75) is 37.9 Å². The van der Waals surface area contributed by atoms with Gasteiger partial charge in [-0.25, -0.2) is 8.42 Å². The molecule has 1 rings (SSSR count). The Morgan fingerprint density at radius 3 is 2.25 bits per heavy atom. The standard InChI is InChI=1S/C9H16ClN3O2S/c1-6(2)13-8(5-10)11-12-9(13)7(3)16(4,14)15/h6-7H,5H2,1-4H3. The lowest BCUT2D eigenvalue weighted by molar-refractivity contribution is 0.540. The Hall–Kier alpha value is -0.620. The van der Waals surface area contributed by atoms with Crippen LogP contribution in [0.25, 0.3) is 0 Å². The molecule has 0 fully saturated rings. The van der Waals surface area contributed by atoms with E-state index in [9.17, 15) is 8.42 Å². The predicted octanol–water partition coefficient (Wildman–Crippen LogP) is 1.70. The fourth-order valence-corrected chi connectivity index (χ4v) is 2.19. The van der Waals surface area contributed by atoms with Crippen LogP contribution >= 0.6 is 11.6 Å². The van der Waals surface area contributed by atoms with E-state index < -0.39 is 15.1 Å². The van der Waals surface area contributed by atoms with E-state index in [-0.39, 0.29) is 11.9 Å². The first kappa shape index (κ1) is 13.4. The van der Waals surface area contributed by atoms with Crippen molar-refractivity contribution in [2.24, 2.45) is 0 Å². The summed E-state index contributed by atoms with van der Waals surface area (Å²) in [5.74, 6) is 1.28. The van der Waals surface area contributed by atoms with Crippen molar-refractivity contribution in [3.05, 3.63) is 11.6 Å². The molecule has 1 heterocycles. The number of sulfone groups is 1. The summed E-state index contributed by atoms with van der Waals surface area (Å²) in [5.41, 5.74) is 0. The van der Waals surface area contributed by atoms with E-state index in [1.54, 1.807) is 11.5 Å². The minimum absolute atomic E-state index is 0.0861. The first-order chi connectivity index (χ1) is 7.29. The van der Waals surface area contributed by atoms with Gasteiger partial charge in [0.25, 0.3) is 0 Å². The maximum Gasteiger partial charge on any atom is 0.157 e. The Bertz CT molecular complexity index is 467. The highest BCUT2D eigenvalue weighted by atomic mass is 35.5. The highest BCUT2D eigenvalue weighted by Gasteiger charge is 2.25. The first-order valence-electron chi connectivity index (χ1n) is 4.97. The smallest absolute Gasteiger partial charge is 0.157 e. The lowest BCUT2D eigenvalue weighted by atomic mass is 10.3. The molecule has 0 bridgehead atoms. The van der Waals surface area contributed by atoms with Crippen LogP contribution in [0.1, 0.15) is 43.7 Å². The van der Waals surface area contributed by atoms with Gasteiger partial charge in [-0.05, 0) is 20.8 Å². The van der Waals surface area contributed by atoms with Crippen molar-refractivity contribution in [3.8, 4) is 0 Å². The predicted molar refractivity (Wildman–Crippen MR) is 63.2 cm³/mol. The van der Waals surface area contributed by atoms with Gasteiger partial charge in [-0.2, -0.15) is 0 Å². The van der Waals surface area contributed by atoms with E-state index in [1.807, 2.05) is 13.8 Å². The first-order valence-corrected chi connectivity index (χ1v) is 7.46. The van der Waals surface area contributed by atoms with Gasteiger partial charge in [0, 0.05) is 12.3 Å². The van der Waals surface area contributed by atoms with Gasteiger partial charge in [0.05, 0.1) is 5.88 Å². The highest BCUT2D eigenvalue weighted by molar-refractivity contribution is 7.90. The van der Waals surface area contributed by atoms with Crippen molar-refractivity contribution < 1.29 is 8.42 Å². The van der Waals surface area contributed by atoms with Gasteiger partial charge >= 0.3 is 0 Å². The number of nitrogens with zero attached hydrogens (tertiary/aromatic N) is 3. The molecule has 0 aliphatic carbocycles. The molecule has 0 aliphatic heterocycles. The molecule has 5 nitrogen and oxygen atoms in total. The van der Waals surface area contributed by atoms with Crippen LogP contribution in [0.4, 0.5) is 0 Å². The van der Waals surface area contributed by atoms with Gasteiger partial charge in [-0.3, -0.25) is 0 Å². The van der Waals surface area contributed by atoms with Crippen molar-refractivity contribution in [3.63, 3.8) is 0 Å². The van der Waals surface area contributed by atoms with Crippen LogP contribution in [0.2, 0.25) is 0 Å². The van der Waals surface area contributed by atoms with Gasteiger partial charge < -0.3 is 4.57 Å². The molecular formula is C9H16ClN3O2S. The molecule has 0 aliphatic rings. The lowest BCUT2D eigenvalue weighted by Gasteiger charge is -2.16. The Balaban J connectivity index is 3.30. The summed E-state index contributed by atoms with van der Waals surface area (Å²) in [6.07, 6.45) is 1.19. The molecule has 1 aromatic rings. The summed E-state index contributed by atoms with van der Waals surface area (Å²) >= 11 is 5.74. The Morgan fingerprint density at radius 1 is 1.31 bits per heavy atom. The molecule has 1 aromatic heterocycles. The van der Waals surface area contributed by atoms with Crippen molar-refractivity contribution in [1.29, 1.82) is 0 Å². The largest absolute Gasteiger partial charge is 0.310 e. The monoisotopic (exact) mass is 265 g/mol. The van der Waals surface area contributed by atoms with Gasteiger partial charge in [-0.1, -0.05) is 0 Å². The Morgan fingerprint density at radius 2 is 1.88 bits per heavy atom. The number of rotatable bonds is 4. The van der Waals surface area contributed by atoms with Crippen LogP contribution in [0.5, 0.6) is 0 Å².